The lowest BCUT2D eigenvalue weighted by Crippen LogP contribution is -2.34. The largest absolute Gasteiger partial charge is 0.326 e. The predicted octanol–water partition coefficient (Wildman–Crippen LogP) is 2.58. The average molecular weight is 326 g/mol. The number of likely N-dealkylation sites (tertiary alicyclic amines) is 1. The maximum Gasteiger partial charge on any atom is 0.233 e. The van der Waals surface area contributed by atoms with Crippen molar-refractivity contribution < 1.29 is 14.4 Å². The second-order valence-corrected chi connectivity index (χ2v) is 6.58. The first kappa shape index (κ1) is 16.4. The highest BCUT2D eigenvalue weighted by molar-refractivity contribution is 6.05. The molecule has 1 saturated heterocycles. The molecule has 1 aromatic carbocycles. The Bertz CT molecular complexity index is 697. The van der Waals surface area contributed by atoms with Crippen LogP contribution in [0.25, 0.3) is 0 Å². The van der Waals surface area contributed by atoms with Gasteiger partial charge in [-0.25, -0.2) is 0 Å². The van der Waals surface area contributed by atoms with Crippen molar-refractivity contribution in [3.63, 3.8) is 0 Å². The van der Waals surface area contributed by atoms with Crippen LogP contribution < -0.4 is 5.32 Å². The first-order valence-corrected chi connectivity index (χ1v) is 8.34. The summed E-state index contributed by atoms with van der Waals surface area (Å²) in [6, 6.07) is 5.72. The van der Waals surface area contributed by atoms with E-state index < -0.39 is 0 Å². The maximum atomic E-state index is 12.3. The first-order chi connectivity index (χ1) is 11.5. The average Bonchev–Trinajstić information content (AvgIpc) is 2.81. The minimum atomic E-state index is -0.231. The minimum Gasteiger partial charge on any atom is -0.326 e. The molecule has 1 aliphatic heterocycles. The van der Waals surface area contributed by atoms with Crippen molar-refractivity contribution in [1.29, 1.82) is 0 Å². The molecule has 0 aromatic heterocycles. The molecule has 1 heterocycles. The predicted molar refractivity (Wildman–Crippen MR) is 91.2 cm³/mol. The van der Waals surface area contributed by atoms with Crippen molar-refractivity contribution in [2.24, 2.45) is 11.8 Å². The monoisotopic (exact) mass is 326 g/mol. The van der Waals surface area contributed by atoms with E-state index in [1.807, 2.05) is 44.2 Å². The number of anilines is 1. The number of fused-ring (bicyclic) bond motifs is 1. The Morgan fingerprint density at radius 3 is 2.29 bits per heavy atom. The molecule has 3 rings (SSSR count). The van der Waals surface area contributed by atoms with Crippen LogP contribution >= 0.6 is 0 Å². The molecule has 1 fully saturated rings. The van der Waals surface area contributed by atoms with Crippen molar-refractivity contribution in [2.75, 3.05) is 11.9 Å². The van der Waals surface area contributed by atoms with Gasteiger partial charge in [0.15, 0.2) is 0 Å². The van der Waals surface area contributed by atoms with Gasteiger partial charge in [-0.2, -0.15) is 0 Å². The van der Waals surface area contributed by atoms with E-state index in [2.05, 4.69) is 5.32 Å². The number of allylic oxidation sites excluding steroid dienone is 2. The van der Waals surface area contributed by atoms with Crippen molar-refractivity contribution in [3.8, 4) is 0 Å². The Balaban J connectivity index is 1.57. The summed E-state index contributed by atoms with van der Waals surface area (Å²) in [6.07, 6.45) is 5.29. The zero-order valence-electron chi connectivity index (χ0n) is 14.0. The van der Waals surface area contributed by atoms with Crippen molar-refractivity contribution in [1.82, 2.24) is 4.90 Å². The Hall–Kier alpha value is -2.43. The fourth-order valence-corrected chi connectivity index (χ4v) is 3.35. The molecule has 24 heavy (non-hydrogen) atoms. The van der Waals surface area contributed by atoms with Crippen molar-refractivity contribution in [2.45, 2.75) is 33.1 Å². The normalized spacial score (nSPS) is 22.7. The van der Waals surface area contributed by atoms with Crippen LogP contribution in [0, 0.1) is 25.7 Å². The summed E-state index contributed by atoms with van der Waals surface area (Å²) in [5.41, 5.74) is 3.01. The highest BCUT2D eigenvalue weighted by atomic mass is 16.2. The van der Waals surface area contributed by atoms with Crippen LogP contribution in [0.3, 0.4) is 0 Å². The van der Waals surface area contributed by atoms with Crippen LogP contribution in [0.1, 0.15) is 30.4 Å². The van der Waals surface area contributed by atoms with E-state index in [1.165, 1.54) is 4.90 Å². The molecule has 0 radical (unpaired) electrons. The van der Waals surface area contributed by atoms with Crippen LogP contribution in [0.2, 0.25) is 0 Å². The van der Waals surface area contributed by atoms with E-state index in [1.54, 1.807) is 0 Å². The molecule has 0 saturated carbocycles. The molecule has 0 unspecified atom stereocenters. The molecule has 126 valence electrons. The van der Waals surface area contributed by atoms with Gasteiger partial charge in [0.1, 0.15) is 0 Å². The van der Waals surface area contributed by atoms with Crippen molar-refractivity contribution in [3.05, 3.63) is 41.5 Å². The summed E-state index contributed by atoms with van der Waals surface area (Å²) in [5.74, 6) is -0.913. The van der Waals surface area contributed by atoms with Gasteiger partial charge in [0, 0.05) is 18.7 Å². The topological polar surface area (TPSA) is 66.5 Å². The van der Waals surface area contributed by atoms with Gasteiger partial charge in [-0.15, -0.1) is 0 Å². The SMILES string of the molecule is Cc1ccc(NC(=O)CCN2C(=O)[C@H]3CC=CC[C@@H]3C2=O)cc1C. The Kier molecular flexibility index (Phi) is 4.51. The highest BCUT2D eigenvalue weighted by Gasteiger charge is 2.46. The fraction of sp³-hybridized carbons (Fsp3) is 0.421. The lowest BCUT2D eigenvalue weighted by molar-refractivity contribution is -0.140. The van der Waals surface area contributed by atoms with Crippen LogP contribution in [-0.2, 0) is 14.4 Å². The molecule has 0 spiro atoms. The molecular formula is C19H22N2O3. The molecule has 1 aromatic rings. The van der Waals surface area contributed by atoms with Crippen LogP contribution in [0.15, 0.2) is 30.4 Å². The summed E-state index contributed by atoms with van der Waals surface area (Å²) < 4.78 is 0. The standard InChI is InChI=1S/C19H22N2O3/c1-12-7-8-14(11-13(12)2)20-17(22)9-10-21-18(23)15-5-3-4-6-16(15)19(21)24/h3-4,7-8,11,15-16H,5-6,9-10H2,1-2H3,(H,20,22)/t15-,16-/m0/s1. The summed E-state index contributed by atoms with van der Waals surface area (Å²) in [6.45, 7) is 4.16. The van der Waals surface area contributed by atoms with E-state index in [4.69, 9.17) is 0 Å². The molecule has 2 aliphatic rings. The van der Waals surface area contributed by atoms with E-state index in [0.29, 0.717) is 12.8 Å². The van der Waals surface area contributed by atoms with Gasteiger partial charge in [-0.05, 0) is 49.9 Å². The summed E-state index contributed by atoms with van der Waals surface area (Å²) in [4.78, 5) is 38.1. The number of hydrogen-bond donors (Lipinski definition) is 1. The summed E-state index contributed by atoms with van der Waals surface area (Å²) in [5, 5.41) is 2.83. The quantitative estimate of drug-likeness (QED) is 0.683. The Morgan fingerprint density at radius 2 is 1.71 bits per heavy atom. The fourth-order valence-electron chi connectivity index (χ4n) is 3.35. The van der Waals surface area contributed by atoms with Gasteiger partial charge < -0.3 is 5.32 Å². The first-order valence-electron chi connectivity index (χ1n) is 8.34. The summed E-state index contributed by atoms with van der Waals surface area (Å²) in [7, 11) is 0. The molecule has 1 N–H and O–H groups in total. The lowest BCUT2D eigenvalue weighted by atomic mass is 9.85. The molecule has 5 heteroatoms. The third-order valence-electron chi connectivity index (χ3n) is 4.95. The smallest absolute Gasteiger partial charge is 0.233 e. The third kappa shape index (κ3) is 3.11. The zero-order chi connectivity index (χ0) is 17.3. The van der Waals surface area contributed by atoms with E-state index >= 15 is 0 Å². The molecule has 3 amide bonds. The van der Waals surface area contributed by atoms with Gasteiger partial charge in [-0.1, -0.05) is 18.2 Å². The molecule has 1 aliphatic carbocycles. The van der Waals surface area contributed by atoms with E-state index in [9.17, 15) is 14.4 Å². The number of hydrogen-bond acceptors (Lipinski definition) is 3. The molecule has 0 bridgehead atoms. The second kappa shape index (κ2) is 6.59. The minimum absolute atomic E-state index is 0.122. The number of nitrogens with one attached hydrogen (secondary N) is 1. The van der Waals surface area contributed by atoms with E-state index in [-0.39, 0.29) is 42.5 Å². The lowest BCUT2D eigenvalue weighted by Gasteiger charge is -2.14. The summed E-state index contributed by atoms with van der Waals surface area (Å²) >= 11 is 0. The van der Waals surface area contributed by atoms with Gasteiger partial charge >= 0.3 is 0 Å². The van der Waals surface area contributed by atoms with Crippen LogP contribution in [0.5, 0.6) is 0 Å². The molecule has 5 nitrogen and oxygen atoms in total. The molecule has 2 atom stereocenters. The Labute approximate surface area is 141 Å². The maximum absolute atomic E-state index is 12.3. The number of aryl methyl sites for hydroxylation is 2. The zero-order valence-corrected chi connectivity index (χ0v) is 14.0. The van der Waals surface area contributed by atoms with Gasteiger partial charge in [0.05, 0.1) is 11.8 Å². The third-order valence-corrected chi connectivity index (χ3v) is 4.95. The van der Waals surface area contributed by atoms with Gasteiger partial charge in [0.2, 0.25) is 17.7 Å². The van der Waals surface area contributed by atoms with Crippen LogP contribution in [0.4, 0.5) is 5.69 Å². The number of amides is 3. The van der Waals surface area contributed by atoms with Crippen molar-refractivity contribution >= 4 is 23.4 Å². The molecular weight excluding hydrogens is 304 g/mol. The number of imide groups is 1. The number of nitrogens with zero attached hydrogens (tertiary/aromatic N) is 1. The number of carbonyl (C=O) groups is 3. The highest BCUT2D eigenvalue weighted by Crippen LogP contribution is 2.35. The van der Waals surface area contributed by atoms with Gasteiger partial charge in [0.25, 0.3) is 0 Å². The van der Waals surface area contributed by atoms with Crippen LogP contribution in [-0.4, -0.2) is 29.2 Å². The number of benzene rings is 1. The second-order valence-electron chi connectivity index (χ2n) is 6.58. The number of rotatable bonds is 4. The number of carbonyl (C=O) groups excluding carboxylic acids is 3. The van der Waals surface area contributed by atoms with E-state index in [0.717, 1.165) is 16.8 Å². The van der Waals surface area contributed by atoms with Gasteiger partial charge in [-0.3, -0.25) is 19.3 Å². The Morgan fingerprint density at radius 1 is 1.08 bits per heavy atom.